The van der Waals surface area contributed by atoms with Gasteiger partial charge in [-0.25, -0.2) is 0 Å². The maximum Gasteiger partial charge on any atom is 0.286 e. The predicted octanol–water partition coefficient (Wildman–Crippen LogP) is 4.11. The van der Waals surface area contributed by atoms with Gasteiger partial charge in [0, 0.05) is 49.6 Å². The van der Waals surface area contributed by atoms with Gasteiger partial charge in [-0.05, 0) is 50.3 Å². The molecule has 2 aromatic rings. The van der Waals surface area contributed by atoms with E-state index in [0.717, 1.165) is 42.1 Å². The van der Waals surface area contributed by atoms with Crippen molar-refractivity contribution in [2.75, 3.05) is 13.2 Å². The Hall–Kier alpha value is -2.64. The second-order valence-corrected chi connectivity index (χ2v) is 8.97. The van der Waals surface area contributed by atoms with Crippen LogP contribution in [0.5, 0.6) is 0 Å². The van der Waals surface area contributed by atoms with E-state index in [1.165, 1.54) is 0 Å². The van der Waals surface area contributed by atoms with Gasteiger partial charge in [-0.2, -0.15) is 0 Å². The highest BCUT2D eigenvalue weighted by Crippen LogP contribution is 2.42. The number of ether oxygens (including phenoxy) is 2. The molecule has 7 heteroatoms. The van der Waals surface area contributed by atoms with Gasteiger partial charge in [-0.15, -0.1) is 0 Å². The Morgan fingerprint density at radius 1 is 1.24 bits per heavy atom. The predicted molar refractivity (Wildman–Crippen MR) is 126 cm³/mol. The van der Waals surface area contributed by atoms with Gasteiger partial charge in [-0.1, -0.05) is 31.0 Å². The molecule has 7 nitrogen and oxygen atoms in total. The summed E-state index contributed by atoms with van der Waals surface area (Å²) in [6.45, 7) is 3.96. The Bertz CT molecular complexity index is 1020. The summed E-state index contributed by atoms with van der Waals surface area (Å²) < 4.78 is 13.7. The highest BCUT2D eigenvalue weighted by atomic mass is 16.7. The number of carbonyl (C=O) groups excluding carboxylic acids is 2. The van der Waals surface area contributed by atoms with Crippen molar-refractivity contribution in [1.82, 2.24) is 9.88 Å². The molecule has 1 fully saturated rings. The van der Waals surface area contributed by atoms with Gasteiger partial charge in [0.05, 0.1) is 5.52 Å². The molecular formula is C26H34N2O5. The van der Waals surface area contributed by atoms with E-state index in [0.29, 0.717) is 19.4 Å². The van der Waals surface area contributed by atoms with E-state index >= 15 is 0 Å². The summed E-state index contributed by atoms with van der Waals surface area (Å²) in [5.41, 5.74) is 1.80. The second kappa shape index (κ2) is 10.5. The molecule has 0 saturated heterocycles. The van der Waals surface area contributed by atoms with Crippen molar-refractivity contribution in [3.8, 4) is 0 Å². The van der Waals surface area contributed by atoms with Crippen LogP contribution in [0.4, 0.5) is 0 Å². The van der Waals surface area contributed by atoms with E-state index in [9.17, 15) is 14.7 Å². The summed E-state index contributed by atoms with van der Waals surface area (Å²) in [6.07, 6.45) is 8.64. The molecule has 1 aromatic carbocycles. The zero-order valence-electron chi connectivity index (χ0n) is 19.5. The molecule has 33 heavy (non-hydrogen) atoms. The third kappa shape index (κ3) is 4.99. The molecule has 3 atom stereocenters. The van der Waals surface area contributed by atoms with Crippen LogP contribution in [0, 0.1) is 5.92 Å². The highest BCUT2D eigenvalue weighted by Gasteiger charge is 2.39. The number of fused-ring (bicyclic) bond motifs is 1. The summed E-state index contributed by atoms with van der Waals surface area (Å²) in [4.78, 5) is 25.5. The fourth-order valence-corrected chi connectivity index (χ4v) is 5.18. The average Bonchev–Trinajstić information content (AvgIpc) is 3.46. The Kier molecular flexibility index (Phi) is 7.50. The first-order valence-corrected chi connectivity index (χ1v) is 12.1. The van der Waals surface area contributed by atoms with E-state index in [4.69, 9.17) is 9.47 Å². The van der Waals surface area contributed by atoms with Crippen molar-refractivity contribution in [3.63, 3.8) is 0 Å². The molecule has 2 heterocycles. The minimum atomic E-state index is -0.611. The van der Waals surface area contributed by atoms with Crippen LogP contribution >= 0.6 is 0 Å². The fraction of sp³-hybridized carbons (Fsp3) is 0.538. The zero-order valence-corrected chi connectivity index (χ0v) is 19.5. The number of amides is 1. The third-order valence-electron chi connectivity index (χ3n) is 6.77. The molecule has 1 aromatic heterocycles. The zero-order chi connectivity index (χ0) is 23.4. The van der Waals surface area contributed by atoms with Crippen LogP contribution in [0.2, 0.25) is 0 Å². The second-order valence-electron chi connectivity index (χ2n) is 8.97. The number of nitrogens with one attached hydrogen (secondary N) is 1. The molecule has 0 radical (unpaired) electrons. The Morgan fingerprint density at radius 3 is 2.70 bits per heavy atom. The highest BCUT2D eigenvalue weighted by molar-refractivity contribution is 5.95. The molecule has 0 spiro atoms. The molecule has 1 saturated carbocycles. The first-order chi connectivity index (χ1) is 16.0. The molecule has 2 N–H and O–H groups in total. The number of aliphatic hydroxyl groups is 1. The van der Waals surface area contributed by atoms with Crippen LogP contribution < -0.4 is 5.32 Å². The number of benzene rings is 1. The normalized spacial score (nSPS) is 23.4. The van der Waals surface area contributed by atoms with Crippen LogP contribution in [0.1, 0.15) is 68.6 Å². The molecule has 1 amide bonds. The average molecular weight is 455 g/mol. The lowest BCUT2D eigenvalue weighted by Gasteiger charge is -2.37. The summed E-state index contributed by atoms with van der Waals surface area (Å²) in [5, 5.41) is 13.6. The topological polar surface area (TPSA) is 89.8 Å². The van der Waals surface area contributed by atoms with Gasteiger partial charge in [0.15, 0.2) is 5.76 Å². The van der Waals surface area contributed by atoms with Crippen molar-refractivity contribution < 1.29 is 24.2 Å². The quantitative estimate of drug-likeness (QED) is 0.627. The maximum absolute atomic E-state index is 13.1. The SMILES string of the molecule is CCO[C@H]1OC(C(=O)NC2CCCC2)=C[C@@H](c2cn(C(C)=O)c3ccccc23)[C@@H]1CCCO. The number of nitrogens with zero attached hydrogens (tertiary/aromatic N) is 1. The molecule has 4 rings (SSSR count). The Labute approximate surface area is 194 Å². The minimum Gasteiger partial charge on any atom is -0.459 e. The molecule has 0 bridgehead atoms. The monoisotopic (exact) mass is 454 g/mol. The summed E-state index contributed by atoms with van der Waals surface area (Å²) in [5.74, 6) is -0.318. The van der Waals surface area contributed by atoms with E-state index < -0.39 is 6.29 Å². The Balaban J connectivity index is 1.77. The van der Waals surface area contributed by atoms with Gasteiger partial charge in [0.25, 0.3) is 5.91 Å². The third-order valence-corrected chi connectivity index (χ3v) is 6.77. The first kappa shape index (κ1) is 23.5. The Morgan fingerprint density at radius 2 is 2.00 bits per heavy atom. The van der Waals surface area contributed by atoms with E-state index in [1.807, 2.05) is 43.5 Å². The van der Waals surface area contributed by atoms with Gasteiger partial charge < -0.3 is 19.9 Å². The molecule has 0 unspecified atom stereocenters. The smallest absolute Gasteiger partial charge is 0.286 e. The lowest BCUT2D eigenvalue weighted by atomic mass is 9.80. The number of hydrogen-bond donors (Lipinski definition) is 2. The number of carbonyl (C=O) groups is 2. The minimum absolute atomic E-state index is 0.0655. The standard InChI is InChI=1S/C26H34N2O5/c1-3-32-26-20(12-8-14-29)21(15-24(33-26)25(31)27-18-9-4-5-10-18)22-16-28(17(2)30)23-13-7-6-11-19(22)23/h6-7,11,13,15-16,18,20-21,26,29H,3-5,8-10,12,14H2,1-2H3,(H,27,31)/t20-,21+,26-/m0/s1. The van der Waals surface area contributed by atoms with Crippen molar-refractivity contribution in [1.29, 1.82) is 0 Å². The van der Waals surface area contributed by atoms with Crippen LogP contribution in [-0.2, 0) is 14.3 Å². The maximum atomic E-state index is 13.1. The summed E-state index contributed by atoms with van der Waals surface area (Å²) in [7, 11) is 0. The van der Waals surface area contributed by atoms with E-state index in [-0.39, 0.29) is 42.1 Å². The summed E-state index contributed by atoms with van der Waals surface area (Å²) >= 11 is 0. The summed E-state index contributed by atoms with van der Waals surface area (Å²) in [6, 6.07) is 7.98. The molecule has 1 aliphatic carbocycles. The largest absolute Gasteiger partial charge is 0.459 e. The van der Waals surface area contributed by atoms with Crippen molar-refractivity contribution in [2.24, 2.45) is 5.92 Å². The van der Waals surface area contributed by atoms with E-state index in [2.05, 4.69) is 5.32 Å². The van der Waals surface area contributed by atoms with Crippen molar-refractivity contribution in [3.05, 3.63) is 47.9 Å². The number of allylic oxidation sites excluding steroid dienone is 1. The molecular weight excluding hydrogens is 420 g/mol. The van der Waals surface area contributed by atoms with Crippen LogP contribution in [0.25, 0.3) is 10.9 Å². The number of aromatic nitrogens is 1. The van der Waals surface area contributed by atoms with E-state index in [1.54, 1.807) is 11.5 Å². The number of para-hydroxylation sites is 1. The number of aliphatic hydroxyl groups excluding tert-OH is 1. The van der Waals surface area contributed by atoms with Gasteiger partial charge in [0.1, 0.15) is 0 Å². The number of rotatable bonds is 8. The van der Waals surface area contributed by atoms with Crippen LogP contribution in [-0.4, -0.2) is 47.0 Å². The van der Waals surface area contributed by atoms with Gasteiger partial charge in [-0.3, -0.25) is 14.2 Å². The fourth-order valence-electron chi connectivity index (χ4n) is 5.18. The molecule has 1 aliphatic heterocycles. The van der Waals surface area contributed by atoms with Gasteiger partial charge >= 0.3 is 0 Å². The molecule has 178 valence electrons. The van der Waals surface area contributed by atoms with Crippen molar-refractivity contribution in [2.45, 2.75) is 70.6 Å². The first-order valence-electron chi connectivity index (χ1n) is 12.1. The number of hydrogen-bond acceptors (Lipinski definition) is 5. The van der Waals surface area contributed by atoms with Crippen molar-refractivity contribution >= 4 is 22.7 Å². The van der Waals surface area contributed by atoms with Crippen LogP contribution in [0.15, 0.2) is 42.3 Å². The lowest BCUT2D eigenvalue weighted by molar-refractivity contribution is -0.166. The molecule has 2 aliphatic rings. The van der Waals surface area contributed by atoms with Gasteiger partial charge in [0.2, 0.25) is 12.2 Å². The van der Waals surface area contributed by atoms with Crippen LogP contribution in [0.3, 0.4) is 0 Å². The lowest BCUT2D eigenvalue weighted by Crippen LogP contribution is -2.41.